The first-order valence-corrected chi connectivity index (χ1v) is 6.66. The van der Waals surface area contributed by atoms with E-state index in [0.717, 1.165) is 32.5 Å². The van der Waals surface area contributed by atoms with Crippen LogP contribution in [0.25, 0.3) is 0 Å². The molecule has 0 saturated carbocycles. The van der Waals surface area contributed by atoms with Crippen molar-refractivity contribution >= 4 is 11.8 Å². The fraction of sp³-hybridized carbons (Fsp3) is 0.467. The topological polar surface area (TPSA) is 57.6 Å². The highest BCUT2D eigenvalue weighted by molar-refractivity contribution is 5.96. The summed E-state index contributed by atoms with van der Waals surface area (Å²) < 4.78 is 0. The molecule has 1 aromatic rings. The minimum atomic E-state index is -1.02. The van der Waals surface area contributed by atoms with Crippen LogP contribution in [0.3, 0.4) is 0 Å². The summed E-state index contributed by atoms with van der Waals surface area (Å²) in [6.07, 6.45) is 1.22. The molecule has 0 unspecified atom stereocenters. The molecule has 0 bridgehead atoms. The molecule has 1 aliphatic rings. The fourth-order valence-corrected chi connectivity index (χ4v) is 2.55. The molecule has 0 radical (unpaired) electrons. The molecule has 4 heteroatoms. The van der Waals surface area contributed by atoms with E-state index in [0.29, 0.717) is 0 Å². The minimum Gasteiger partial charge on any atom is -0.481 e. The standard InChI is InChI=1S/C15H19NO3/c17-14(10-15(18)19)13-6-8-16(9-7-13)11-12-4-2-1-3-5-12/h1-5,13H,6-11H2,(H,18,19). The molecule has 2 rings (SSSR count). The van der Waals surface area contributed by atoms with E-state index in [1.807, 2.05) is 18.2 Å². The van der Waals surface area contributed by atoms with Gasteiger partial charge in [0.2, 0.25) is 0 Å². The summed E-state index contributed by atoms with van der Waals surface area (Å²) in [5, 5.41) is 8.63. The van der Waals surface area contributed by atoms with Gasteiger partial charge in [-0.3, -0.25) is 14.5 Å². The molecule has 0 spiro atoms. The summed E-state index contributed by atoms with van der Waals surface area (Å²) in [6, 6.07) is 10.3. The van der Waals surface area contributed by atoms with E-state index in [-0.39, 0.29) is 18.1 Å². The molecular weight excluding hydrogens is 242 g/mol. The number of ketones is 1. The van der Waals surface area contributed by atoms with Gasteiger partial charge in [0.05, 0.1) is 0 Å². The zero-order chi connectivity index (χ0) is 13.7. The SMILES string of the molecule is O=C(O)CC(=O)C1CCN(Cc2ccccc2)CC1. The number of piperidine rings is 1. The zero-order valence-electron chi connectivity index (χ0n) is 10.9. The maximum absolute atomic E-state index is 11.7. The van der Waals surface area contributed by atoms with Crippen LogP contribution in [0.15, 0.2) is 30.3 Å². The number of aliphatic carboxylic acids is 1. The molecule has 1 heterocycles. The summed E-state index contributed by atoms with van der Waals surface area (Å²) in [5.74, 6) is -1.20. The van der Waals surface area contributed by atoms with Crippen molar-refractivity contribution < 1.29 is 14.7 Å². The molecule has 1 saturated heterocycles. The predicted octanol–water partition coefficient (Wildman–Crippen LogP) is 1.94. The van der Waals surface area contributed by atoms with E-state index in [4.69, 9.17) is 5.11 Å². The van der Waals surface area contributed by atoms with Crippen molar-refractivity contribution in [2.24, 2.45) is 5.92 Å². The van der Waals surface area contributed by atoms with E-state index < -0.39 is 5.97 Å². The van der Waals surface area contributed by atoms with Crippen molar-refractivity contribution in [3.05, 3.63) is 35.9 Å². The van der Waals surface area contributed by atoms with Gasteiger partial charge in [-0.15, -0.1) is 0 Å². The lowest BCUT2D eigenvalue weighted by Gasteiger charge is -2.31. The van der Waals surface area contributed by atoms with Crippen LogP contribution >= 0.6 is 0 Å². The number of likely N-dealkylation sites (tertiary alicyclic amines) is 1. The minimum absolute atomic E-state index is 0.0666. The van der Waals surface area contributed by atoms with Crippen LogP contribution in [0.5, 0.6) is 0 Å². The van der Waals surface area contributed by atoms with Crippen LogP contribution in [-0.2, 0) is 16.1 Å². The number of hydrogen-bond donors (Lipinski definition) is 1. The third kappa shape index (κ3) is 4.17. The van der Waals surface area contributed by atoms with Crippen LogP contribution < -0.4 is 0 Å². The van der Waals surface area contributed by atoms with E-state index >= 15 is 0 Å². The molecule has 0 amide bonds. The molecule has 102 valence electrons. The Morgan fingerprint density at radius 2 is 1.79 bits per heavy atom. The second-order valence-electron chi connectivity index (χ2n) is 5.07. The molecule has 19 heavy (non-hydrogen) atoms. The second-order valence-corrected chi connectivity index (χ2v) is 5.07. The van der Waals surface area contributed by atoms with E-state index in [2.05, 4.69) is 17.0 Å². The third-order valence-corrected chi connectivity index (χ3v) is 3.62. The number of carboxylic acid groups (broad SMARTS) is 1. The largest absolute Gasteiger partial charge is 0.481 e. The lowest BCUT2D eigenvalue weighted by Crippen LogP contribution is -2.36. The van der Waals surface area contributed by atoms with Gasteiger partial charge in [-0.1, -0.05) is 30.3 Å². The number of carbonyl (C=O) groups excluding carboxylic acids is 1. The molecule has 0 atom stereocenters. The van der Waals surface area contributed by atoms with E-state index in [1.165, 1.54) is 5.56 Å². The van der Waals surface area contributed by atoms with Crippen molar-refractivity contribution in [3.8, 4) is 0 Å². The highest BCUT2D eigenvalue weighted by Crippen LogP contribution is 2.20. The molecule has 1 N–H and O–H groups in total. The predicted molar refractivity (Wildman–Crippen MR) is 71.7 cm³/mol. The lowest BCUT2D eigenvalue weighted by molar-refractivity contribution is -0.141. The van der Waals surface area contributed by atoms with Crippen molar-refractivity contribution in [3.63, 3.8) is 0 Å². The Kier molecular flexibility index (Phi) is 4.68. The summed E-state index contributed by atoms with van der Waals surface area (Å²) in [6.45, 7) is 2.64. The van der Waals surface area contributed by atoms with E-state index in [1.54, 1.807) is 0 Å². The fourth-order valence-electron chi connectivity index (χ4n) is 2.55. The highest BCUT2D eigenvalue weighted by atomic mass is 16.4. The van der Waals surface area contributed by atoms with Crippen LogP contribution in [0.2, 0.25) is 0 Å². The maximum Gasteiger partial charge on any atom is 0.310 e. The number of Topliss-reactive ketones (excluding diaryl/α,β-unsaturated/α-hetero) is 1. The van der Waals surface area contributed by atoms with Crippen molar-refractivity contribution in [1.82, 2.24) is 4.90 Å². The first-order chi connectivity index (χ1) is 9.15. The van der Waals surface area contributed by atoms with Gasteiger partial charge in [0.25, 0.3) is 0 Å². The Morgan fingerprint density at radius 3 is 2.37 bits per heavy atom. The van der Waals surface area contributed by atoms with Crippen LogP contribution in [0.4, 0.5) is 0 Å². The van der Waals surface area contributed by atoms with Crippen LogP contribution in [0.1, 0.15) is 24.8 Å². The highest BCUT2D eigenvalue weighted by Gasteiger charge is 2.25. The number of hydrogen-bond acceptors (Lipinski definition) is 3. The Morgan fingerprint density at radius 1 is 1.16 bits per heavy atom. The summed E-state index contributed by atoms with van der Waals surface area (Å²) in [4.78, 5) is 24.5. The average Bonchev–Trinajstić information content (AvgIpc) is 2.40. The third-order valence-electron chi connectivity index (χ3n) is 3.62. The lowest BCUT2D eigenvalue weighted by atomic mass is 9.91. The zero-order valence-corrected chi connectivity index (χ0v) is 10.9. The first-order valence-electron chi connectivity index (χ1n) is 6.66. The molecule has 1 fully saturated rings. The van der Waals surface area contributed by atoms with Crippen molar-refractivity contribution in [2.75, 3.05) is 13.1 Å². The Labute approximate surface area is 113 Å². The Balaban J connectivity index is 1.79. The summed E-state index contributed by atoms with van der Waals surface area (Å²) >= 11 is 0. The quantitative estimate of drug-likeness (QED) is 0.823. The second kappa shape index (κ2) is 6.48. The van der Waals surface area contributed by atoms with Gasteiger partial charge in [-0.2, -0.15) is 0 Å². The molecule has 0 aliphatic carbocycles. The number of nitrogens with zero attached hydrogens (tertiary/aromatic N) is 1. The Bertz CT molecular complexity index is 436. The number of rotatable bonds is 5. The van der Waals surface area contributed by atoms with Gasteiger partial charge in [0, 0.05) is 12.5 Å². The summed E-state index contributed by atoms with van der Waals surface area (Å²) in [5.41, 5.74) is 1.28. The van der Waals surface area contributed by atoms with Crippen molar-refractivity contribution in [2.45, 2.75) is 25.8 Å². The van der Waals surface area contributed by atoms with Gasteiger partial charge in [-0.25, -0.2) is 0 Å². The molecule has 1 aliphatic heterocycles. The smallest absolute Gasteiger partial charge is 0.310 e. The average molecular weight is 261 g/mol. The Hall–Kier alpha value is -1.68. The van der Waals surface area contributed by atoms with Gasteiger partial charge in [-0.05, 0) is 31.5 Å². The molecular formula is C15H19NO3. The monoisotopic (exact) mass is 261 g/mol. The normalized spacial score (nSPS) is 17.3. The number of carbonyl (C=O) groups is 2. The van der Waals surface area contributed by atoms with Gasteiger partial charge in [0.1, 0.15) is 12.2 Å². The first kappa shape index (κ1) is 13.7. The van der Waals surface area contributed by atoms with Crippen LogP contribution in [0, 0.1) is 5.92 Å². The molecule has 0 aromatic heterocycles. The number of carboxylic acids is 1. The number of benzene rings is 1. The van der Waals surface area contributed by atoms with E-state index in [9.17, 15) is 9.59 Å². The van der Waals surface area contributed by atoms with Crippen LogP contribution in [-0.4, -0.2) is 34.8 Å². The van der Waals surface area contributed by atoms with Gasteiger partial charge < -0.3 is 5.11 Å². The maximum atomic E-state index is 11.7. The molecule has 1 aromatic carbocycles. The summed E-state index contributed by atoms with van der Waals surface area (Å²) in [7, 11) is 0. The van der Waals surface area contributed by atoms with Gasteiger partial charge >= 0.3 is 5.97 Å². The molecule has 4 nitrogen and oxygen atoms in total. The van der Waals surface area contributed by atoms with Gasteiger partial charge in [0.15, 0.2) is 0 Å². The van der Waals surface area contributed by atoms with Crippen molar-refractivity contribution in [1.29, 1.82) is 0 Å².